The van der Waals surface area contributed by atoms with Gasteiger partial charge < -0.3 is 9.84 Å². The van der Waals surface area contributed by atoms with Gasteiger partial charge in [0.05, 0.1) is 12.6 Å². The standard InChI is InChI=1S/C16H20FNO3/c1-16(2,3)21-15(20)18-9-8-13(14(18)10-19)11-4-6-12(17)7-5-11/h4-8,14,19H,9-10H2,1-3H3. The van der Waals surface area contributed by atoms with Crippen molar-refractivity contribution in [1.82, 2.24) is 4.90 Å². The predicted molar refractivity (Wildman–Crippen MR) is 78.2 cm³/mol. The van der Waals surface area contributed by atoms with Gasteiger partial charge in [-0.05, 0) is 44.0 Å². The quantitative estimate of drug-likeness (QED) is 0.912. The van der Waals surface area contributed by atoms with Crippen molar-refractivity contribution in [3.05, 3.63) is 41.7 Å². The van der Waals surface area contributed by atoms with Gasteiger partial charge in [-0.15, -0.1) is 0 Å². The first-order valence-electron chi connectivity index (χ1n) is 6.88. The normalized spacial score (nSPS) is 18.6. The van der Waals surface area contributed by atoms with Gasteiger partial charge in [-0.2, -0.15) is 0 Å². The van der Waals surface area contributed by atoms with E-state index in [0.717, 1.165) is 11.1 Å². The number of hydrogen-bond acceptors (Lipinski definition) is 3. The van der Waals surface area contributed by atoms with Crippen LogP contribution in [-0.4, -0.2) is 40.9 Å². The Balaban J connectivity index is 2.17. The molecule has 1 aliphatic rings. The van der Waals surface area contributed by atoms with Crippen LogP contribution < -0.4 is 0 Å². The Labute approximate surface area is 123 Å². The van der Waals surface area contributed by atoms with Crippen molar-refractivity contribution in [2.75, 3.05) is 13.2 Å². The largest absolute Gasteiger partial charge is 0.444 e. The van der Waals surface area contributed by atoms with E-state index in [1.807, 2.05) is 6.08 Å². The maximum absolute atomic E-state index is 13.0. The zero-order valence-corrected chi connectivity index (χ0v) is 12.5. The number of amides is 1. The van der Waals surface area contributed by atoms with Gasteiger partial charge in [-0.25, -0.2) is 9.18 Å². The lowest BCUT2D eigenvalue weighted by Gasteiger charge is -2.29. The Bertz CT molecular complexity index is 546. The maximum Gasteiger partial charge on any atom is 0.411 e. The fourth-order valence-corrected chi connectivity index (χ4v) is 2.30. The van der Waals surface area contributed by atoms with Crippen LogP contribution >= 0.6 is 0 Å². The highest BCUT2D eigenvalue weighted by Crippen LogP contribution is 2.29. The topological polar surface area (TPSA) is 49.8 Å². The van der Waals surface area contributed by atoms with Crippen LogP contribution in [0.4, 0.5) is 9.18 Å². The smallest absolute Gasteiger partial charge is 0.411 e. The summed E-state index contributed by atoms with van der Waals surface area (Å²) in [4.78, 5) is 13.6. The van der Waals surface area contributed by atoms with E-state index in [1.54, 1.807) is 32.9 Å². The van der Waals surface area contributed by atoms with Gasteiger partial charge in [0.15, 0.2) is 0 Å². The van der Waals surface area contributed by atoms with Crippen LogP contribution in [0.3, 0.4) is 0 Å². The summed E-state index contributed by atoms with van der Waals surface area (Å²) in [6.45, 7) is 5.55. The van der Waals surface area contributed by atoms with Gasteiger partial charge >= 0.3 is 6.09 Å². The molecule has 0 saturated heterocycles. The Morgan fingerprint density at radius 3 is 2.52 bits per heavy atom. The van der Waals surface area contributed by atoms with Gasteiger partial charge in [0.1, 0.15) is 11.4 Å². The molecule has 0 aromatic heterocycles. The average molecular weight is 293 g/mol. The van der Waals surface area contributed by atoms with Crippen LogP contribution in [0.1, 0.15) is 26.3 Å². The van der Waals surface area contributed by atoms with E-state index < -0.39 is 17.7 Å². The van der Waals surface area contributed by atoms with Crippen molar-refractivity contribution < 1.29 is 19.0 Å². The number of rotatable bonds is 2. The Kier molecular flexibility index (Phi) is 4.32. The zero-order chi connectivity index (χ0) is 15.6. The first-order valence-corrected chi connectivity index (χ1v) is 6.88. The number of halogens is 1. The van der Waals surface area contributed by atoms with Crippen LogP contribution in [0.25, 0.3) is 5.57 Å². The Hall–Kier alpha value is -1.88. The molecule has 114 valence electrons. The lowest BCUT2D eigenvalue weighted by Crippen LogP contribution is -2.42. The van der Waals surface area contributed by atoms with Crippen molar-refractivity contribution in [3.8, 4) is 0 Å². The molecule has 5 heteroatoms. The average Bonchev–Trinajstić information content (AvgIpc) is 2.81. The number of carbonyl (C=O) groups is 1. The van der Waals surface area contributed by atoms with Crippen LogP contribution in [0, 0.1) is 5.82 Å². The minimum Gasteiger partial charge on any atom is -0.444 e. The molecule has 1 N–H and O–H groups in total. The SMILES string of the molecule is CC(C)(C)OC(=O)N1CC=C(c2ccc(F)cc2)C1CO. The highest BCUT2D eigenvalue weighted by molar-refractivity contribution is 5.79. The number of ether oxygens (including phenoxy) is 1. The second kappa shape index (κ2) is 5.85. The summed E-state index contributed by atoms with van der Waals surface area (Å²) in [7, 11) is 0. The van der Waals surface area contributed by atoms with Crippen molar-refractivity contribution >= 4 is 11.7 Å². The van der Waals surface area contributed by atoms with E-state index in [0.29, 0.717) is 6.54 Å². The van der Waals surface area contributed by atoms with Crippen LogP contribution in [0.5, 0.6) is 0 Å². The van der Waals surface area contributed by atoms with E-state index in [2.05, 4.69) is 0 Å². The number of aliphatic hydroxyl groups is 1. The predicted octanol–water partition coefficient (Wildman–Crippen LogP) is 2.82. The number of benzene rings is 1. The van der Waals surface area contributed by atoms with Gasteiger partial charge in [0.25, 0.3) is 0 Å². The molecule has 0 fully saturated rings. The molecule has 1 heterocycles. The van der Waals surface area contributed by atoms with Crippen LogP contribution in [-0.2, 0) is 4.74 Å². The fourth-order valence-electron chi connectivity index (χ4n) is 2.30. The number of nitrogens with zero attached hydrogens (tertiary/aromatic N) is 1. The third-order valence-electron chi connectivity index (χ3n) is 3.22. The van der Waals surface area contributed by atoms with Crippen LogP contribution in [0.2, 0.25) is 0 Å². The zero-order valence-electron chi connectivity index (χ0n) is 12.5. The molecule has 1 aromatic rings. The van der Waals surface area contributed by atoms with Gasteiger partial charge in [0, 0.05) is 6.54 Å². The molecular weight excluding hydrogens is 273 g/mol. The first-order chi connectivity index (χ1) is 9.81. The Morgan fingerprint density at radius 2 is 2.00 bits per heavy atom. The molecule has 4 nitrogen and oxygen atoms in total. The summed E-state index contributed by atoms with van der Waals surface area (Å²) < 4.78 is 18.3. The maximum atomic E-state index is 13.0. The number of hydrogen-bond donors (Lipinski definition) is 1. The second-order valence-corrected chi connectivity index (χ2v) is 6.00. The van der Waals surface area contributed by atoms with Gasteiger partial charge in [-0.3, -0.25) is 4.90 Å². The van der Waals surface area contributed by atoms with Gasteiger partial charge in [-0.1, -0.05) is 18.2 Å². The van der Waals surface area contributed by atoms with E-state index >= 15 is 0 Å². The molecule has 1 amide bonds. The molecule has 21 heavy (non-hydrogen) atoms. The molecule has 1 aromatic carbocycles. The van der Waals surface area contributed by atoms with E-state index in [1.165, 1.54) is 17.0 Å². The van der Waals surface area contributed by atoms with E-state index in [9.17, 15) is 14.3 Å². The highest BCUT2D eigenvalue weighted by atomic mass is 19.1. The minimum absolute atomic E-state index is 0.206. The monoisotopic (exact) mass is 293 g/mol. The van der Waals surface area contributed by atoms with E-state index in [-0.39, 0.29) is 12.4 Å². The lowest BCUT2D eigenvalue weighted by molar-refractivity contribution is 0.0204. The Morgan fingerprint density at radius 1 is 1.38 bits per heavy atom. The van der Waals surface area contributed by atoms with Crippen molar-refractivity contribution in [2.45, 2.75) is 32.4 Å². The first kappa shape index (κ1) is 15.5. The summed E-state index contributed by atoms with van der Waals surface area (Å²) >= 11 is 0. The molecule has 1 atom stereocenters. The van der Waals surface area contributed by atoms with Gasteiger partial charge in [0.2, 0.25) is 0 Å². The van der Waals surface area contributed by atoms with Crippen LogP contribution in [0.15, 0.2) is 30.3 Å². The van der Waals surface area contributed by atoms with Crippen molar-refractivity contribution in [3.63, 3.8) is 0 Å². The molecule has 0 bridgehead atoms. The third kappa shape index (κ3) is 3.61. The van der Waals surface area contributed by atoms with Crippen molar-refractivity contribution in [1.29, 1.82) is 0 Å². The number of carbonyl (C=O) groups excluding carboxylic acids is 1. The molecule has 0 spiro atoms. The molecular formula is C16H20FNO3. The second-order valence-electron chi connectivity index (χ2n) is 6.00. The summed E-state index contributed by atoms with van der Waals surface area (Å²) in [5.41, 5.74) is 1.01. The summed E-state index contributed by atoms with van der Waals surface area (Å²) in [6.07, 6.45) is 1.40. The minimum atomic E-state index is -0.588. The molecule has 0 radical (unpaired) electrons. The molecule has 1 unspecified atom stereocenters. The lowest BCUT2D eigenvalue weighted by atomic mass is 10.0. The fraction of sp³-hybridized carbons (Fsp3) is 0.438. The highest BCUT2D eigenvalue weighted by Gasteiger charge is 2.34. The summed E-state index contributed by atoms with van der Waals surface area (Å²) in [5, 5.41) is 9.61. The summed E-state index contributed by atoms with van der Waals surface area (Å²) in [5.74, 6) is -0.318. The molecule has 1 aliphatic heterocycles. The molecule has 2 rings (SSSR count). The summed E-state index contributed by atoms with van der Waals surface area (Å²) in [6, 6.07) is 5.54. The number of aliphatic hydroxyl groups excluding tert-OH is 1. The molecule has 0 aliphatic carbocycles. The van der Waals surface area contributed by atoms with Crippen molar-refractivity contribution in [2.24, 2.45) is 0 Å². The van der Waals surface area contributed by atoms with E-state index in [4.69, 9.17) is 4.74 Å². The molecule has 0 saturated carbocycles. The third-order valence-corrected chi connectivity index (χ3v) is 3.22.